The summed E-state index contributed by atoms with van der Waals surface area (Å²) in [5.41, 5.74) is 3.45. The Morgan fingerprint density at radius 1 is 1.05 bits per heavy atom. The van der Waals surface area contributed by atoms with Crippen LogP contribution in [-0.4, -0.2) is 7.05 Å². The van der Waals surface area contributed by atoms with Crippen LogP contribution in [0.5, 0.6) is 0 Å². The number of nitrogens with one attached hydrogen (secondary N) is 1. The van der Waals surface area contributed by atoms with Gasteiger partial charge in [-0.05, 0) is 62.2 Å². The van der Waals surface area contributed by atoms with Crippen LogP contribution in [0.4, 0.5) is 8.78 Å². The summed E-state index contributed by atoms with van der Waals surface area (Å²) in [5.74, 6) is -0.446. The van der Waals surface area contributed by atoms with Gasteiger partial charge in [-0.1, -0.05) is 18.2 Å². The largest absolute Gasteiger partial charge is 0.313 e. The van der Waals surface area contributed by atoms with Crippen LogP contribution in [0.25, 0.3) is 0 Å². The molecule has 2 aromatic carbocycles. The third-order valence-electron chi connectivity index (χ3n) is 3.61. The maximum atomic E-state index is 14.1. The summed E-state index contributed by atoms with van der Waals surface area (Å²) in [7, 11) is 1.81. The highest BCUT2D eigenvalue weighted by Crippen LogP contribution is 2.23. The number of aryl methyl sites for hydroxylation is 2. The van der Waals surface area contributed by atoms with Crippen LogP contribution in [-0.2, 0) is 6.42 Å². The molecule has 1 atom stereocenters. The van der Waals surface area contributed by atoms with Crippen molar-refractivity contribution in [3.05, 3.63) is 70.3 Å². The highest BCUT2D eigenvalue weighted by Gasteiger charge is 2.15. The molecule has 0 amide bonds. The van der Waals surface area contributed by atoms with Crippen molar-refractivity contribution < 1.29 is 8.78 Å². The van der Waals surface area contributed by atoms with Crippen molar-refractivity contribution in [2.75, 3.05) is 7.05 Å². The zero-order valence-electron chi connectivity index (χ0n) is 12.0. The highest BCUT2D eigenvalue weighted by atomic mass is 19.1. The molecule has 1 N–H and O–H groups in total. The summed E-state index contributed by atoms with van der Waals surface area (Å²) in [6.45, 7) is 3.74. The molecule has 0 spiro atoms. The molecule has 2 aromatic rings. The average Bonchev–Trinajstić information content (AvgIpc) is 2.39. The molecule has 0 aliphatic heterocycles. The Kier molecular flexibility index (Phi) is 4.50. The molecule has 2 rings (SSSR count). The first-order valence-electron chi connectivity index (χ1n) is 6.69. The van der Waals surface area contributed by atoms with Gasteiger partial charge in [-0.3, -0.25) is 0 Å². The van der Waals surface area contributed by atoms with E-state index in [2.05, 4.69) is 5.32 Å². The molecule has 106 valence electrons. The van der Waals surface area contributed by atoms with Gasteiger partial charge in [0.15, 0.2) is 0 Å². The van der Waals surface area contributed by atoms with Crippen molar-refractivity contribution in [2.24, 2.45) is 0 Å². The van der Waals surface area contributed by atoms with E-state index in [4.69, 9.17) is 0 Å². The number of benzene rings is 2. The third kappa shape index (κ3) is 3.23. The van der Waals surface area contributed by atoms with Gasteiger partial charge in [0, 0.05) is 11.6 Å². The van der Waals surface area contributed by atoms with Crippen molar-refractivity contribution in [3.63, 3.8) is 0 Å². The van der Waals surface area contributed by atoms with Gasteiger partial charge in [0.2, 0.25) is 0 Å². The summed E-state index contributed by atoms with van der Waals surface area (Å²) >= 11 is 0. The van der Waals surface area contributed by atoms with Crippen molar-refractivity contribution >= 4 is 0 Å². The van der Waals surface area contributed by atoms with Crippen molar-refractivity contribution in [1.82, 2.24) is 5.32 Å². The fourth-order valence-electron chi connectivity index (χ4n) is 2.39. The minimum Gasteiger partial charge on any atom is -0.313 e. The smallest absolute Gasteiger partial charge is 0.128 e. The second-order valence-corrected chi connectivity index (χ2v) is 5.14. The first-order chi connectivity index (χ1) is 9.51. The van der Waals surface area contributed by atoms with E-state index in [1.54, 1.807) is 6.07 Å². The lowest BCUT2D eigenvalue weighted by Crippen LogP contribution is -2.20. The molecule has 0 aromatic heterocycles. The van der Waals surface area contributed by atoms with E-state index in [-0.39, 0.29) is 17.7 Å². The zero-order chi connectivity index (χ0) is 14.7. The molecule has 20 heavy (non-hydrogen) atoms. The first-order valence-corrected chi connectivity index (χ1v) is 6.69. The molecular formula is C17H19F2N. The number of hydrogen-bond donors (Lipinski definition) is 1. The van der Waals surface area contributed by atoms with Crippen LogP contribution in [0.3, 0.4) is 0 Å². The van der Waals surface area contributed by atoms with Crippen LogP contribution < -0.4 is 5.32 Å². The molecule has 0 radical (unpaired) electrons. The maximum Gasteiger partial charge on any atom is 0.128 e. The van der Waals surface area contributed by atoms with Gasteiger partial charge in [0.25, 0.3) is 0 Å². The number of hydrogen-bond acceptors (Lipinski definition) is 1. The maximum absolute atomic E-state index is 14.1. The number of rotatable bonds is 4. The van der Waals surface area contributed by atoms with E-state index < -0.39 is 0 Å². The van der Waals surface area contributed by atoms with Crippen molar-refractivity contribution in [3.8, 4) is 0 Å². The van der Waals surface area contributed by atoms with Crippen molar-refractivity contribution in [2.45, 2.75) is 26.3 Å². The summed E-state index contributed by atoms with van der Waals surface area (Å²) in [6.07, 6.45) is 0.628. The van der Waals surface area contributed by atoms with Crippen LogP contribution in [0, 0.1) is 25.5 Å². The minimum atomic E-state index is -0.242. The average molecular weight is 275 g/mol. The Morgan fingerprint density at radius 3 is 2.40 bits per heavy atom. The van der Waals surface area contributed by atoms with Gasteiger partial charge in [-0.15, -0.1) is 0 Å². The monoisotopic (exact) mass is 275 g/mol. The van der Waals surface area contributed by atoms with Crippen molar-refractivity contribution in [1.29, 1.82) is 0 Å². The Hall–Kier alpha value is -1.74. The molecule has 1 unspecified atom stereocenters. The molecule has 0 aliphatic carbocycles. The van der Waals surface area contributed by atoms with E-state index in [9.17, 15) is 8.78 Å². The van der Waals surface area contributed by atoms with Gasteiger partial charge >= 0.3 is 0 Å². The molecule has 0 saturated carbocycles. The Balaban J connectivity index is 2.28. The fourth-order valence-corrected chi connectivity index (χ4v) is 2.39. The lowest BCUT2D eigenvalue weighted by atomic mass is 9.95. The van der Waals surface area contributed by atoms with E-state index in [1.165, 1.54) is 18.2 Å². The topological polar surface area (TPSA) is 12.0 Å². The second-order valence-electron chi connectivity index (χ2n) is 5.14. The molecular weight excluding hydrogens is 256 g/mol. The molecule has 0 fully saturated rings. The molecule has 3 heteroatoms. The number of halogens is 2. The summed E-state index contributed by atoms with van der Waals surface area (Å²) < 4.78 is 27.2. The van der Waals surface area contributed by atoms with Gasteiger partial charge in [-0.25, -0.2) is 8.78 Å². The normalized spacial score (nSPS) is 12.4. The molecule has 0 bridgehead atoms. The zero-order valence-corrected chi connectivity index (χ0v) is 12.0. The van der Waals surface area contributed by atoms with Crippen LogP contribution >= 0.6 is 0 Å². The van der Waals surface area contributed by atoms with Crippen LogP contribution in [0.1, 0.15) is 28.3 Å². The fraction of sp³-hybridized carbons (Fsp3) is 0.294. The number of likely N-dealkylation sites (N-methyl/N-ethyl adjacent to an activating group) is 1. The molecule has 0 aliphatic rings. The van der Waals surface area contributed by atoms with Gasteiger partial charge in [0.05, 0.1) is 0 Å². The third-order valence-corrected chi connectivity index (χ3v) is 3.61. The van der Waals surface area contributed by atoms with E-state index in [1.807, 2.05) is 33.0 Å². The van der Waals surface area contributed by atoms with Crippen LogP contribution in [0.15, 0.2) is 36.4 Å². The van der Waals surface area contributed by atoms with Gasteiger partial charge < -0.3 is 5.32 Å². The Morgan fingerprint density at radius 2 is 1.80 bits per heavy atom. The minimum absolute atomic E-state index is 0.125. The quantitative estimate of drug-likeness (QED) is 0.886. The van der Waals surface area contributed by atoms with Gasteiger partial charge in [-0.2, -0.15) is 0 Å². The highest BCUT2D eigenvalue weighted by molar-refractivity contribution is 5.31. The lowest BCUT2D eigenvalue weighted by molar-refractivity contribution is 0.532. The summed E-state index contributed by atoms with van der Waals surface area (Å²) in [5, 5.41) is 3.14. The standard InChI is InChI=1S/C17H19F2N/c1-11-4-7-15(16(19)8-11)17(20-3)10-13-5-6-14(18)9-12(13)2/h4-9,17,20H,10H2,1-3H3. The van der Waals surface area contributed by atoms with E-state index >= 15 is 0 Å². The SMILES string of the molecule is CNC(Cc1ccc(F)cc1C)c1ccc(C)cc1F. The predicted molar refractivity (Wildman–Crippen MR) is 77.8 cm³/mol. The predicted octanol–water partition coefficient (Wildman–Crippen LogP) is 4.08. The summed E-state index contributed by atoms with van der Waals surface area (Å²) in [4.78, 5) is 0. The molecule has 1 nitrogen and oxygen atoms in total. The lowest BCUT2D eigenvalue weighted by Gasteiger charge is -2.19. The molecule has 0 heterocycles. The Bertz CT molecular complexity index is 608. The van der Waals surface area contributed by atoms with E-state index in [0.717, 1.165) is 16.7 Å². The summed E-state index contributed by atoms with van der Waals surface area (Å²) in [6, 6.07) is 9.84. The van der Waals surface area contributed by atoms with Gasteiger partial charge in [0.1, 0.15) is 11.6 Å². The Labute approximate surface area is 118 Å². The van der Waals surface area contributed by atoms with E-state index in [0.29, 0.717) is 12.0 Å². The van der Waals surface area contributed by atoms with Crippen LogP contribution in [0.2, 0.25) is 0 Å². The molecule has 0 saturated heterocycles. The second kappa shape index (κ2) is 6.14. The first kappa shape index (κ1) is 14.7.